The normalized spacial score (nSPS) is 10.1. The minimum Gasteiger partial charge on any atom is -0.207 e. The maximum Gasteiger partial charge on any atom is 0.131 e. The molecule has 0 saturated heterocycles. The van der Waals surface area contributed by atoms with Gasteiger partial charge in [-0.15, -0.1) is 0 Å². The van der Waals surface area contributed by atoms with Crippen molar-refractivity contribution in [1.29, 1.82) is 0 Å². The summed E-state index contributed by atoms with van der Waals surface area (Å²) < 4.78 is 26.6. The molecule has 2 rings (SSSR count). The van der Waals surface area contributed by atoms with E-state index in [1.165, 1.54) is 18.2 Å². The Bertz CT molecular complexity index is 530. The molecule has 0 spiro atoms. The monoisotopic (exact) mass is 216 g/mol. The maximum atomic E-state index is 13.6. The van der Waals surface area contributed by atoms with E-state index in [0.717, 1.165) is 5.56 Å². The standard InChI is InChI=1S/C14H10F2/c1-2-10-6-7-14(16)13(8-10)11-4-3-5-12(15)9-11/h2-9H,1H2. The highest BCUT2D eigenvalue weighted by Crippen LogP contribution is 2.24. The summed E-state index contributed by atoms with van der Waals surface area (Å²) in [4.78, 5) is 0. The second kappa shape index (κ2) is 4.27. The molecule has 0 heterocycles. The highest BCUT2D eigenvalue weighted by Gasteiger charge is 2.05. The molecule has 16 heavy (non-hydrogen) atoms. The maximum absolute atomic E-state index is 13.6. The van der Waals surface area contributed by atoms with Gasteiger partial charge in [-0.05, 0) is 35.4 Å². The van der Waals surface area contributed by atoms with Gasteiger partial charge in [-0.1, -0.05) is 30.9 Å². The van der Waals surface area contributed by atoms with Gasteiger partial charge >= 0.3 is 0 Å². The van der Waals surface area contributed by atoms with E-state index in [2.05, 4.69) is 6.58 Å². The van der Waals surface area contributed by atoms with Gasteiger partial charge < -0.3 is 0 Å². The van der Waals surface area contributed by atoms with E-state index in [4.69, 9.17) is 0 Å². The zero-order valence-corrected chi connectivity index (χ0v) is 8.58. The number of benzene rings is 2. The summed E-state index contributed by atoms with van der Waals surface area (Å²) in [6, 6.07) is 10.5. The molecule has 0 aliphatic carbocycles. The smallest absolute Gasteiger partial charge is 0.131 e. The van der Waals surface area contributed by atoms with Crippen LogP contribution >= 0.6 is 0 Å². The Hall–Kier alpha value is -1.96. The van der Waals surface area contributed by atoms with Crippen molar-refractivity contribution in [2.24, 2.45) is 0 Å². The SMILES string of the molecule is C=Cc1ccc(F)c(-c2cccc(F)c2)c1. The number of hydrogen-bond donors (Lipinski definition) is 0. The largest absolute Gasteiger partial charge is 0.207 e. The van der Waals surface area contributed by atoms with Crippen LogP contribution in [0.15, 0.2) is 49.0 Å². The van der Waals surface area contributed by atoms with Crippen LogP contribution in [0.1, 0.15) is 5.56 Å². The van der Waals surface area contributed by atoms with Gasteiger partial charge in [0.1, 0.15) is 11.6 Å². The third-order valence-electron chi connectivity index (χ3n) is 2.36. The predicted molar refractivity (Wildman–Crippen MR) is 61.9 cm³/mol. The molecule has 0 nitrogen and oxygen atoms in total. The Labute approximate surface area is 92.9 Å². The zero-order valence-electron chi connectivity index (χ0n) is 8.58. The Morgan fingerprint density at radius 2 is 1.81 bits per heavy atom. The van der Waals surface area contributed by atoms with Gasteiger partial charge in [0.2, 0.25) is 0 Å². The van der Waals surface area contributed by atoms with Crippen LogP contribution in [-0.4, -0.2) is 0 Å². The van der Waals surface area contributed by atoms with Crippen molar-refractivity contribution in [1.82, 2.24) is 0 Å². The molecule has 2 aromatic rings. The van der Waals surface area contributed by atoms with Crippen molar-refractivity contribution < 1.29 is 8.78 Å². The van der Waals surface area contributed by atoms with E-state index in [1.807, 2.05) is 0 Å². The van der Waals surface area contributed by atoms with Gasteiger partial charge in [0, 0.05) is 5.56 Å². The van der Waals surface area contributed by atoms with Gasteiger partial charge in [0.15, 0.2) is 0 Å². The van der Waals surface area contributed by atoms with Gasteiger partial charge in [-0.3, -0.25) is 0 Å². The van der Waals surface area contributed by atoms with Crippen molar-refractivity contribution in [2.75, 3.05) is 0 Å². The molecule has 0 fully saturated rings. The van der Waals surface area contributed by atoms with Gasteiger partial charge in [0.25, 0.3) is 0 Å². The molecular weight excluding hydrogens is 206 g/mol. The van der Waals surface area contributed by atoms with E-state index in [1.54, 1.807) is 30.3 Å². The van der Waals surface area contributed by atoms with Crippen molar-refractivity contribution in [3.05, 3.63) is 66.2 Å². The average Bonchev–Trinajstić information content (AvgIpc) is 2.30. The highest BCUT2D eigenvalue weighted by molar-refractivity contribution is 5.67. The fourth-order valence-corrected chi connectivity index (χ4v) is 1.55. The molecule has 0 N–H and O–H groups in total. The Morgan fingerprint density at radius 3 is 2.50 bits per heavy atom. The molecule has 0 unspecified atom stereocenters. The van der Waals surface area contributed by atoms with E-state index in [-0.39, 0.29) is 11.6 Å². The van der Waals surface area contributed by atoms with Crippen molar-refractivity contribution in [3.8, 4) is 11.1 Å². The summed E-state index contributed by atoms with van der Waals surface area (Å²) in [6.45, 7) is 3.62. The van der Waals surface area contributed by atoms with Crippen molar-refractivity contribution >= 4 is 6.08 Å². The molecule has 0 aromatic heterocycles. The molecule has 0 bridgehead atoms. The molecule has 0 amide bonds. The minimum absolute atomic E-state index is 0.365. The van der Waals surface area contributed by atoms with Crippen LogP contribution in [0.25, 0.3) is 17.2 Å². The molecule has 0 aliphatic heterocycles. The van der Waals surface area contributed by atoms with Crippen LogP contribution in [0, 0.1) is 11.6 Å². The second-order valence-corrected chi connectivity index (χ2v) is 3.45. The summed E-state index contributed by atoms with van der Waals surface area (Å²) >= 11 is 0. The zero-order chi connectivity index (χ0) is 11.5. The Morgan fingerprint density at radius 1 is 1.00 bits per heavy atom. The summed E-state index contributed by atoms with van der Waals surface area (Å²) in [5.41, 5.74) is 1.72. The van der Waals surface area contributed by atoms with Crippen LogP contribution < -0.4 is 0 Å². The van der Waals surface area contributed by atoms with Crippen molar-refractivity contribution in [3.63, 3.8) is 0 Å². The molecule has 0 aliphatic rings. The summed E-state index contributed by atoms with van der Waals surface area (Å²) in [6.07, 6.45) is 1.63. The second-order valence-electron chi connectivity index (χ2n) is 3.45. The van der Waals surface area contributed by atoms with E-state index in [9.17, 15) is 8.78 Å². The Balaban J connectivity index is 2.58. The van der Waals surface area contributed by atoms with Gasteiger partial charge in [0.05, 0.1) is 0 Å². The van der Waals surface area contributed by atoms with Crippen molar-refractivity contribution in [2.45, 2.75) is 0 Å². The number of hydrogen-bond acceptors (Lipinski definition) is 0. The molecule has 0 atom stereocenters. The minimum atomic E-state index is -0.374. The quantitative estimate of drug-likeness (QED) is 0.703. The van der Waals surface area contributed by atoms with E-state index < -0.39 is 0 Å². The lowest BCUT2D eigenvalue weighted by Crippen LogP contribution is -1.86. The summed E-state index contributed by atoms with van der Waals surface area (Å²) in [5, 5.41) is 0. The first-order chi connectivity index (χ1) is 7.70. The van der Waals surface area contributed by atoms with Gasteiger partial charge in [-0.25, -0.2) is 8.78 Å². The Kier molecular flexibility index (Phi) is 2.82. The molecule has 2 aromatic carbocycles. The molecular formula is C14H10F2. The summed E-state index contributed by atoms with van der Waals surface area (Å²) in [5.74, 6) is -0.739. The van der Waals surface area contributed by atoms with E-state index in [0.29, 0.717) is 11.1 Å². The first-order valence-electron chi connectivity index (χ1n) is 4.88. The molecule has 80 valence electrons. The van der Waals surface area contributed by atoms with Crippen LogP contribution in [0.2, 0.25) is 0 Å². The number of halogens is 2. The topological polar surface area (TPSA) is 0 Å². The van der Waals surface area contributed by atoms with Crippen LogP contribution in [-0.2, 0) is 0 Å². The third kappa shape index (κ3) is 2.01. The lowest BCUT2D eigenvalue weighted by molar-refractivity contribution is 0.624. The fraction of sp³-hybridized carbons (Fsp3) is 0. The van der Waals surface area contributed by atoms with E-state index >= 15 is 0 Å². The van der Waals surface area contributed by atoms with Gasteiger partial charge in [-0.2, -0.15) is 0 Å². The van der Waals surface area contributed by atoms with Crippen LogP contribution in [0.5, 0.6) is 0 Å². The highest BCUT2D eigenvalue weighted by atomic mass is 19.1. The summed E-state index contributed by atoms with van der Waals surface area (Å²) in [7, 11) is 0. The first-order valence-corrected chi connectivity index (χ1v) is 4.88. The average molecular weight is 216 g/mol. The predicted octanol–water partition coefficient (Wildman–Crippen LogP) is 4.27. The molecule has 0 radical (unpaired) electrons. The molecule has 2 heteroatoms. The fourth-order valence-electron chi connectivity index (χ4n) is 1.55. The van der Waals surface area contributed by atoms with Crippen LogP contribution in [0.4, 0.5) is 8.78 Å². The lowest BCUT2D eigenvalue weighted by atomic mass is 10.0. The molecule has 0 saturated carbocycles. The lowest BCUT2D eigenvalue weighted by Gasteiger charge is -2.05. The first kappa shape index (κ1) is 10.6. The van der Waals surface area contributed by atoms with Crippen LogP contribution in [0.3, 0.4) is 0 Å². The number of rotatable bonds is 2. The third-order valence-corrected chi connectivity index (χ3v) is 2.36.